The van der Waals surface area contributed by atoms with Crippen LogP contribution in [0.25, 0.3) is 4.91 Å². The molecule has 1 fully saturated rings. The number of sulfonamides is 1. The number of nitrogens with zero attached hydrogens (tertiary/aromatic N) is 3. The van der Waals surface area contributed by atoms with Gasteiger partial charge in [-0.25, -0.2) is 0 Å². The van der Waals surface area contributed by atoms with Gasteiger partial charge in [-0.05, 0) is 44.5 Å². The molecule has 0 saturated carbocycles. The summed E-state index contributed by atoms with van der Waals surface area (Å²) in [6.07, 6.45) is 0. The number of hydrogen-bond donors (Lipinski definition) is 0. The number of benzene rings is 1. The molecule has 6 heteroatoms. The van der Waals surface area contributed by atoms with Gasteiger partial charge in [0.05, 0.1) is 0 Å². The van der Waals surface area contributed by atoms with Crippen LogP contribution in [0.2, 0.25) is 0 Å². The Morgan fingerprint density at radius 3 is 2.26 bits per heavy atom. The van der Waals surface area contributed by atoms with E-state index in [0.717, 1.165) is 48.4 Å². The monoisotopic (exact) mass is 333 g/mol. The fourth-order valence-corrected chi connectivity index (χ4v) is 4.56. The minimum absolute atomic E-state index is 0.356. The van der Waals surface area contributed by atoms with Crippen molar-refractivity contribution in [3.8, 4) is 0 Å². The Morgan fingerprint density at radius 1 is 1.00 bits per heavy atom. The van der Waals surface area contributed by atoms with Gasteiger partial charge in [-0.2, -0.15) is 8.42 Å². The van der Waals surface area contributed by atoms with E-state index in [9.17, 15) is 8.42 Å². The number of piperazine rings is 1. The van der Waals surface area contributed by atoms with Crippen molar-refractivity contribution in [3.05, 3.63) is 40.5 Å². The second-order valence-corrected chi connectivity index (χ2v) is 7.97. The Morgan fingerprint density at radius 2 is 1.65 bits per heavy atom. The zero-order chi connectivity index (χ0) is 16.8. The van der Waals surface area contributed by atoms with E-state index in [4.69, 9.17) is 0 Å². The number of hydrogen-bond acceptors (Lipinski definition) is 4. The SMILES string of the molecule is CC1=C(c2ccc(C)c(C)c2)S(=O)(=O)N=C1N1CCN(C)CC1. The summed E-state index contributed by atoms with van der Waals surface area (Å²) in [5, 5.41) is 0. The molecule has 23 heavy (non-hydrogen) atoms. The third-order valence-electron chi connectivity index (χ3n) is 4.71. The van der Waals surface area contributed by atoms with Crippen LogP contribution in [0.4, 0.5) is 0 Å². The minimum Gasteiger partial charge on any atom is -0.353 e. The van der Waals surface area contributed by atoms with Crippen LogP contribution < -0.4 is 0 Å². The quantitative estimate of drug-likeness (QED) is 0.789. The molecule has 2 aliphatic rings. The van der Waals surface area contributed by atoms with Gasteiger partial charge in [0.2, 0.25) is 0 Å². The highest BCUT2D eigenvalue weighted by Gasteiger charge is 2.34. The van der Waals surface area contributed by atoms with Crippen LogP contribution in [-0.4, -0.2) is 57.3 Å². The summed E-state index contributed by atoms with van der Waals surface area (Å²) >= 11 is 0. The van der Waals surface area contributed by atoms with Gasteiger partial charge in [0.15, 0.2) is 0 Å². The molecule has 124 valence electrons. The first-order valence-electron chi connectivity index (χ1n) is 7.87. The van der Waals surface area contributed by atoms with E-state index in [1.54, 1.807) is 0 Å². The summed E-state index contributed by atoms with van der Waals surface area (Å²) in [5.41, 5.74) is 3.74. The molecule has 0 aromatic heterocycles. The summed E-state index contributed by atoms with van der Waals surface area (Å²) in [5.74, 6) is 0.617. The first kappa shape index (κ1) is 16.2. The van der Waals surface area contributed by atoms with Crippen molar-refractivity contribution in [2.24, 2.45) is 4.40 Å². The van der Waals surface area contributed by atoms with Gasteiger partial charge in [-0.3, -0.25) is 0 Å². The standard InChI is InChI=1S/C17H23N3O2S/c1-12-5-6-15(11-13(12)2)16-14(3)17(18-23(16,21)22)20-9-7-19(4)8-10-20/h5-6,11H,7-10H2,1-4H3. The van der Waals surface area contributed by atoms with Crippen molar-refractivity contribution in [1.82, 2.24) is 9.80 Å². The van der Waals surface area contributed by atoms with E-state index in [1.807, 2.05) is 39.0 Å². The molecule has 1 aromatic carbocycles. The van der Waals surface area contributed by atoms with E-state index >= 15 is 0 Å². The van der Waals surface area contributed by atoms with Crippen LogP contribution in [0.1, 0.15) is 23.6 Å². The highest BCUT2D eigenvalue weighted by molar-refractivity contribution is 8.00. The lowest BCUT2D eigenvalue weighted by Crippen LogP contribution is -2.47. The number of rotatable bonds is 1. The summed E-state index contributed by atoms with van der Waals surface area (Å²) in [7, 11) is -1.54. The highest BCUT2D eigenvalue weighted by Crippen LogP contribution is 2.34. The Balaban J connectivity index is 2.01. The molecule has 1 aromatic rings. The third-order valence-corrected chi connectivity index (χ3v) is 6.18. The average Bonchev–Trinajstić information content (AvgIpc) is 2.73. The second kappa shape index (κ2) is 5.76. The summed E-state index contributed by atoms with van der Waals surface area (Å²) in [4.78, 5) is 4.68. The zero-order valence-electron chi connectivity index (χ0n) is 14.1. The molecule has 0 N–H and O–H groups in total. The molecule has 0 bridgehead atoms. The predicted octanol–water partition coefficient (Wildman–Crippen LogP) is 2.02. The maximum Gasteiger partial charge on any atom is 0.285 e. The second-order valence-electron chi connectivity index (χ2n) is 6.43. The lowest BCUT2D eigenvalue weighted by atomic mass is 10.0. The molecule has 0 aliphatic carbocycles. The van der Waals surface area contributed by atoms with Crippen LogP contribution in [-0.2, 0) is 10.0 Å². The first-order chi connectivity index (χ1) is 10.8. The van der Waals surface area contributed by atoms with E-state index in [0.29, 0.717) is 10.7 Å². The zero-order valence-corrected chi connectivity index (χ0v) is 14.9. The number of aryl methyl sites for hydroxylation is 2. The Bertz CT molecular complexity index is 801. The lowest BCUT2D eigenvalue weighted by molar-refractivity contribution is 0.216. The van der Waals surface area contributed by atoms with Crippen molar-refractivity contribution in [1.29, 1.82) is 0 Å². The molecule has 0 atom stereocenters. The molecule has 2 aliphatic heterocycles. The van der Waals surface area contributed by atoms with E-state index < -0.39 is 10.0 Å². The van der Waals surface area contributed by atoms with Gasteiger partial charge in [0.1, 0.15) is 10.7 Å². The first-order valence-corrected chi connectivity index (χ1v) is 9.31. The number of amidine groups is 1. The Hall–Kier alpha value is -1.66. The van der Waals surface area contributed by atoms with Gasteiger partial charge >= 0.3 is 0 Å². The largest absolute Gasteiger partial charge is 0.353 e. The summed E-state index contributed by atoms with van der Waals surface area (Å²) in [6.45, 7) is 9.35. The van der Waals surface area contributed by atoms with Gasteiger partial charge in [0, 0.05) is 31.8 Å². The van der Waals surface area contributed by atoms with Crippen LogP contribution in [0.5, 0.6) is 0 Å². The molecule has 3 rings (SSSR count). The van der Waals surface area contributed by atoms with E-state index in [-0.39, 0.29) is 0 Å². The highest BCUT2D eigenvalue weighted by atomic mass is 32.2. The fourth-order valence-electron chi connectivity index (χ4n) is 3.08. The van der Waals surface area contributed by atoms with Gasteiger partial charge in [0.25, 0.3) is 10.0 Å². The number of likely N-dealkylation sites (N-methyl/N-ethyl adjacent to an activating group) is 1. The summed E-state index contributed by atoms with van der Waals surface area (Å²) in [6, 6.07) is 5.78. The van der Waals surface area contributed by atoms with Crippen molar-refractivity contribution < 1.29 is 8.42 Å². The minimum atomic E-state index is -3.62. The van der Waals surface area contributed by atoms with Gasteiger partial charge in [-0.1, -0.05) is 18.2 Å². The van der Waals surface area contributed by atoms with Crippen molar-refractivity contribution in [2.75, 3.05) is 33.2 Å². The maximum absolute atomic E-state index is 12.6. The molecule has 5 nitrogen and oxygen atoms in total. The molecule has 0 radical (unpaired) electrons. The van der Waals surface area contributed by atoms with Crippen molar-refractivity contribution in [3.63, 3.8) is 0 Å². The molecule has 0 amide bonds. The van der Waals surface area contributed by atoms with Crippen LogP contribution in [0, 0.1) is 13.8 Å². The topological polar surface area (TPSA) is 53.0 Å². The van der Waals surface area contributed by atoms with Gasteiger partial charge in [-0.15, -0.1) is 4.40 Å². The van der Waals surface area contributed by atoms with Crippen molar-refractivity contribution in [2.45, 2.75) is 20.8 Å². The maximum atomic E-state index is 12.6. The van der Waals surface area contributed by atoms with Gasteiger partial charge < -0.3 is 9.80 Å². The van der Waals surface area contributed by atoms with Crippen LogP contribution >= 0.6 is 0 Å². The van der Waals surface area contributed by atoms with E-state index in [2.05, 4.69) is 21.2 Å². The Labute approximate surface area is 138 Å². The molecular weight excluding hydrogens is 310 g/mol. The molecule has 0 spiro atoms. The third kappa shape index (κ3) is 2.93. The molecular formula is C17H23N3O2S. The van der Waals surface area contributed by atoms with Crippen LogP contribution in [0.3, 0.4) is 0 Å². The van der Waals surface area contributed by atoms with E-state index in [1.165, 1.54) is 0 Å². The normalized spacial score (nSPS) is 21.7. The molecule has 1 saturated heterocycles. The van der Waals surface area contributed by atoms with Crippen LogP contribution in [0.15, 0.2) is 28.2 Å². The average molecular weight is 333 g/mol. The predicted molar refractivity (Wildman–Crippen MR) is 93.9 cm³/mol. The lowest BCUT2D eigenvalue weighted by Gasteiger charge is -2.33. The molecule has 2 heterocycles. The molecule has 0 unspecified atom stereocenters. The smallest absolute Gasteiger partial charge is 0.285 e. The fraction of sp³-hybridized carbons (Fsp3) is 0.471. The summed E-state index contributed by atoms with van der Waals surface area (Å²) < 4.78 is 29.3. The Kier molecular flexibility index (Phi) is 4.06. The van der Waals surface area contributed by atoms with Crippen molar-refractivity contribution >= 4 is 20.8 Å².